The molecule has 0 radical (unpaired) electrons. The van der Waals surface area contributed by atoms with Crippen molar-refractivity contribution in [3.8, 4) is 22.3 Å². The Hall–Kier alpha value is -1.13. The average Bonchev–Trinajstić information content (AvgIpc) is 2.41. The quantitative estimate of drug-likeness (QED) is 0.449. The molecule has 8 heteroatoms. The number of fused-ring (bicyclic) bond motifs is 4. The van der Waals surface area contributed by atoms with E-state index in [0.717, 1.165) is 22.3 Å². The van der Waals surface area contributed by atoms with E-state index in [1.807, 2.05) is 30.3 Å². The second kappa shape index (κ2) is 4.96. The SMILES string of the molecule is O=S(=O)(O[I+]c1cccc2c1-c1ccccc1-2)C(F)(F)F. The molecule has 2 aromatic rings. The fraction of sp³-hybridized carbons (Fsp3) is 0.0769. The fourth-order valence-corrected chi connectivity index (χ4v) is 5.35. The summed E-state index contributed by atoms with van der Waals surface area (Å²) in [7, 11) is -5.53. The van der Waals surface area contributed by atoms with Gasteiger partial charge in [-0.15, -0.1) is 0 Å². The molecule has 0 unspecified atom stereocenters. The third-order valence-electron chi connectivity index (χ3n) is 2.98. The van der Waals surface area contributed by atoms with Crippen LogP contribution in [0, 0.1) is 3.57 Å². The molecule has 0 saturated heterocycles. The highest BCUT2D eigenvalue weighted by Gasteiger charge is 2.52. The first-order valence-corrected chi connectivity index (χ1v) is 9.05. The van der Waals surface area contributed by atoms with E-state index in [0.29, 0.717) is 3.57 Å². The summed E-state index contributed by atoms with van der Waals surface area (Å²) in [6.07, 6.45) is 0. The van der Waals surface area contributed by atoms with Gasteiger partial charge in [-0.1, -0.05) is 36.4 Å². The number of halogens is 4. The predicted molar refractivity (Wildman–Crippen MR) is 65.6 cm³/mol. The Morgan fingerprint density at radius 3 is 2.19 bits per heavy atom. The Kier molecular flexibility index (Phi) is 3.49. The van der Waals surface area contributed by atoms with Gasteiger partial charge < -0.3 is 0 Å². The number of benzene rings is 2. The number of hydrogen-bond acceptors (Lipinski definition) is 3. The van der Waals surface area contributed by atoms with Gasteiger partial charge in [0.15, 0.2) is 0 Å². The van der Waals surface area contributed by atoms with Crippen molar-refractivity contribution in [2.45, 2.75) is 5.51 Å². The third-order valence-corrected chi connectivity index (χ3v) is 7.11. The van der Waals surface area contributed by atoms with Gasteiger partial charge in [-0.3, -0.25) is 0 Å². The van der Waals surface area contributed by atoms with Gasteiger partial charge >= 0.3 is 37.2 Å². The van der Waals surface area contributed by atoms with Gasteiger partial charge in [0.25, 0.3) is 0 Å². The normalized spacial score (nSPS) is 13.3. The highest BCUT2D eigenvalue weighted by molar-refractivity contribution is 7.87. The molecule has 0 saturated carbocycles. The molecule has 0 spiro atoms. The van der Waals surface area contributed by atoms with E-state index in [-0.39, 0.29) is 0 Å². The van der Waals surface area contributed by atoms with E-state index < -0.39 is 37.2 Å². The van der Waals surface area contributed by atoms with Crippen LogP contribution in [0.1, 0.15) is 0 Å². The van der Waals surface area contributed by atoms with Crippen LogP contribution >= 0.6 is 0 Å². The molecule has 0 bridgehead atoms. The summed E-state index contributed by atoms with van der Waals surface area (Å²) in [5.41, 5.74) is -1.76. The molecule has 1 aliphatic rings. The van der Waals surface area contributed by atoms with Crippen molar-refractivity contribution in [1.29, 1.82) is 0 Å². The molecule has 0 aromatic heterocycles. The van der Waals surface area contributed by atoms with E-state index in [9.17, 15) is 21.6 Å². The highest BCUT2D eigenvalue weighted by Crippen LogP contribution is 2.46. The third kappa shape index (κ3) is 2.44. The first-order chi connectivity index (χ1) is 9.81. The number of rotatable bonds is 3. The van der Waals surface area contributed by atoms with Crippen molar-refractivity contribution < 1.29 is 45.7 Å². The van der Waals surface area contributed by atoms with Crippen molar-refractivity contribution in [2.24, 2.45) is 0 Å². The van der Waals surface area contributed by atoms with Gasteiger partial charge in [0.2, 0.25) is 3.57 Å². The maximum atomic E-state index is 12.3. The van der Waals surface area contributed by atoms with Crippen LogP contribution in [0.4, 0.5) is 13.2 Å². The van der Waals surface area contributed by atoms with Crippen LogP contribution in [-0.2, 0) is 12.6 Å². The molecular weight excluding hydrogens is 420 g/mol. The molecule has 21 heavy (non-hydrogen) atoms. The second-order valence-electron chi connectivity index (χ2n) is 4.25. The second-order valence-corrected chi connectivity index (χ2v) is 8.43. The molecule has 0 aliphatic heterocycles. The van der Waals surface area contributed by atoms with Gasteiger partial charge in [-0.2, -0.15) is 21.6 Å². The average molecular weight is 427 g/mol. The van der Waals surface area contributed by atoms with Crippen LogP contribution in [0.15, 0.2) is 42.5 Å². The first-order valence-electron chi connectivity index (χ1n) is 5.69. The van der Waals surface area contributed by atoms with Gasteiger partial charge in [0.1, 0.15) is 0 Å². The van der Waals surface area contributed by atoms with Crippen molar-refractivity contribution in [3.05, 3.63) is 46.0 Å². The van der Waals surface area contributed by atoms with Crippen molar-refractivity contribution in [2.75, 3.05) is 0 Å². The topological polar surface area (TPSA) is 43.4 Å². The lowest BCUT2D eigenvalue weighted by atomic mass is 9.81. The summed E-state index contributed by atoms with van der Waals surface area (Å²) < 4.78 is 63.5. The molecule has 0 atom stereocenters. The Labute approximate surface area is 129 Å². The molecule has 0 fully saturated rings. The molecule has 0 amide bonds. The summed E-state index contributed by atoms with van der Waals surface area (Å²) >= 11 is -1.75. The first kappa shape index (κ1) is 14.8. The molecule has 0 N–H and O–H groups in total. The van der Waals surface area contributed by atoms with Gasteiger partial charge in [0, 0.05) is 8.08 Å². The van der Waals surface area contributed by atoms with Crippen LogP contribution in [0.2, 0.25) is 0 Å². The van der Waals surface area contributed by atoms with Crippen molar-refractivity contribution in [3.63, 3.8) is 0 Å². The minimum atomic E-state index is -5.53. The molecular formula is C13H7F3IO3S+. The molecule has 3 nitrogen and oxygen atoms in total. The molecule has 0 heterocycles. The van der Waals surface area contributed by atoms with Crippen molar-refractivity contribution in [1.82, 2.24) is 0 Å². The molecule has 1 aliphatic carbocycles. The number of hydrogen-bond donors (Lipinski definition) is 0. The lowest BCUT2D eigenvalue weighted by molar-refractivity contribution is -0.837. The monoisotopic (exact) mass is 427 g/mol. The number of alkyl halides is 3. The fourth-order valence-electron chi connectivity index (χ4n) is 2.07. The molecule has 110 valence electrons. The van der Waals surface area contributed by atoms with E-state index in [2.05, 4.69) is 2.51 Å². The molecule has 2 aromatic carbocycles. The van der Waals surface area contributed by atoms with Crippen LogP contribution < -0.4 is 21.6 Å². The van der Waals surface area contributed by atoms with E-state index in [1.54, 1.807) is 12.1 Å². The van der Waals surface area contributed by atoms with Crippen LogP contribution in [0.5, 0.6) is 0 Å². The zero-order chi connectivity index (χ0) is 15.3. The van der Waals surface area contributed by atoms with Crippen molar-refractivity contribution >= 4 is 10.1 Å². The summed E-state index contributed by atoms with van der Waals surface area (Å²) in [6, 6.07) is 12.6. The minimum absolute atomic E-state index is 0.526. The Morgan fingerprint density at radius 1 is 0.905 bits per heavy atom. The smallest absolute Gasteiger partial charge is 0.186 e. The maximum Gasteiger partial charge on any atom is 0.541 e. The summed E-state index contributed by atoms with van der Waals surface area (Å²) in [5.74, 6) is 0. The van der Waals surface area contributed by atoms with Crippen LogP contribution in [0.3, 0.4) is 0 Å². The lowest BCUT2D eigenvalue weighted by Gasteiger charge is -2.22. The zero-order valence-electron chi connectivity index (χ0n) is 10.2. The summed E-state index contributed by atoms with van der Waals surface area (Å²) in [5, 5.41) is 0. The Morgan fingerprint density at radius 2 is 1.52 bits per heavy atom. The minimum Gasteiger partial charge on any atom is -0.186 e. The standard InChI is InChI=1S/C13H7F3IO3S/c14-13(15,16)21(18,19)20-17-11-7-3-6-10-8-4-1-2-5-9(8)12(10)11/h1-7H/q+1. The van der Waals surface area contributed by atoms with Crippen LogP contribution in [-0.4, -0.2) is 13.9 Å². The largest absolute Gasteiger partial charge is 0.541 e. The highest BCUT2D eigenvalue weighted by atomic mass is 127. The lowest BCUT2D eigenvalue weighted by Crippen LogP contribution is -3.62. The Balaban J connectivity index is 1.89. The zero-order valence-corrected chi connectivity index (χ0v) is 13.2. The van der Waals surface area contributed by atoms with E-state index in [1.165, 1.54) is 0 Å². The van der Waals surface area contributed by atoms with Gasteiger partial charge in [-0.05, 0) is 22.8 Å². The van der Waals surface area contributed by atoms with Gasteiger partial charge in [0.05, 0.1) is 0 Å². The Bertz CT molecular complexity index is 816. The van der Waals surface area contributed by atoms with E-state index in [4.69, 9.17) is 0 Å². The predicted octanol–water partition coefficient (Wildman–Crippen LogP) is 0.374. The van der Waals surface area contributed by atoms with Gasteiger partial charge in [-0.25, -0.2) is 0 Å². The van der Waals surface area contributed by atoms with Crippen LogP contribution in [0.25, 0.3) is 22.3 Å². The summed E-state index contributed by atoms with van der Waals surface area (Å²) in [6.45, 7) is 0. The summed E-state index contributed by atoms with van der Waals surface area (Å²) in [4.78, 5) is 0. The maximum absolute atomic E-state index is 12.3. The van der Waals surface area contributed by atoms with E-state index >= 15 is 0 Å². The molecule has 3 rings (SSSR count).